The lowest BCUT2D eigenvalue weighted by Gasteiger charge is -2.21. The summed E-state index contributed by atoms with van der Waals surface area (Å²) in [7, 11) is 0. The fraction of sp³-hybridized carbons (Fsp3) is 0.556. The van der Waals surface area contributed by atoms with Crippen molar-refractivity contribution in [2.24, 2.45) is 0 Å². The van der Waals surface area contributed by atoms with E-state index in [1.165, 1.54) is 0 Å². The first-order valence-electron chi connectivity index (χ1n) is 5.15. The van der Waals surface area contributed by atoms with Crippen LogP contribution in [0.1, 0.15) is 6.23 Å². The van der Waals surface area contributed by atoms with Crippen molar-refractivity contribution in [1.82, 2.24) is 9.55 Å². The average molecular weight is 281 g/mol. The topological polar surface area (TPSA) is 111 Å². The summed E-state index contributed by atoms with van der Waals surface area (Å²) >= 11 is 0. The molecule has 0 aromatic carbocycles. The number of nitrogens with two attached hydrogens (primary N) is 1. The van der Waals surface area contributed by atoms with Crippen LogP contribution in [0, 0.1) is 5.82 Å². The number of ether oxygens (including phenoxy) is 1. The third-order valence-electron chi connectivity index (χ3n) is 2.75. The number of alkyl halides is 2. The molecule has 7 nitrogen and oxygen atoms in total. The molecule has 106 valence electrons. The molecule has 2 heterocycles. The monoisotopic (exact) mass is 281 g/mol. The average Bonchev–Trinajstić information content (AvgIpc) is 2.56. The van der Waals surface area contributed by atoms with Gasteiger partial charge < -0.3 is 20.7 Å². The summed E-state index contributed by atoms with van der Waals surface area (Å²) in [6.45, 7) is -0.882. The molecule has 19 heavy (non-hydrogen) atoms. The van der Waals surface area contributed by atoms with Gasteiger partial charge in [-0.15, -0.1) is 0 Å². The van der Waals surface area contributed by atoms with E-state index in [4.69, 9.17) is 10.8 Å². The molecule has 3 atom stereocenters. The Morgan fingerprint density at radius 2 is 2.21 bits per heavy atom. The van der Waals surface area contributed by atoms with Gasteiger partial charge in [0.15, 0.2) is 17.7 Å². The number of halogens is 3. The van der Waals surface area contributed by atoms with Crippen LogP contribution in [0.5, 0.6) is 0 Å². The highest BCUT2D eigenvalue weighted by Gasteiger charge is 2.59. The number of nitrogen functional groups attached to an aromatic ring is 1. The maximum atomic E-state index is 13.7. The Kier molecular flexibility index (Phi) is 3.24. The second-order valence-corrected chi connectivity index (χ2v) is 3.99. The number of aromatic nitrogens is 2. The minimum atomic E-state index is -3.89. The molecule has 0 saturated carbocycles. The molecular formula is C9H10F3N3O4. The van der Waals surface area contributed by atoms with Gasteiger partial charge in [-0.05, 0) is 0 Å². The zero-order valence-corrected chi connectivity index (χ0v) is 9.33. The second-order valence-electron chi connectivity index (χ2n) is 3.99. The number of aliphatic hydroxyl groups is 2. The van der Waals surface area contributed by atoms with Crippen molar-refractivity contribution in [2.45, 2.75) is 24.4 Å². The van der Waals surface area contributed by atoms with Crippen LogP contribution in [-0.2, 0) is 4.74 Å². The van der Waals surface area contributed by atoms with Crippen LogP contribution in [0.4, 0.5) is 19.0 Å². The zero-order chi connectivity index (χ0) is 14.4. The predicted octanol–water partition coefficient (Wildman–Crippen LogP) is -1.15. The van der Waals surface area contributed by atoms with Crippen molar-refractivity contribution in [3.63, 3.8) is 0 Å². The van der Waals surface area contributed by atoms with Gasteiger partial charge >= 0.3 is 11.6 Å². The number of hydrogen-bond donors (Lipinski definition) is 3. The number of rotatable bonds is 2. The molecule has 1 saturated heterocycles. The number of anilines is 1. The number of nitrogens with zero attached hydrogens (tertiary/aromatic N) is 2. The van der Waals surface area contributed by atoms with Gasteiger partial charge in [0.1, 0.15) is 6.10 Å². The molecule has 1 aromatic heterocycles. The predicted molar refractivity (Wildman–Crippen MR) is 54.8 cm³/mol. The molecule has 0 amide bonds. The Bertz CT molecular complexity index is 550. The molecule has 1 fully saturated rings. The fourth-order valence-corrected chi connectivity index (χ4v) is 1.74. The summed E-state index contributed by atoms with van der Waals surface area (Å²) in [5, 5.41) is 18.1. The molecule has 1 aromatic rings. The Labute approximate surface area is 104 Å². The van der Waals surface area contributed by atoms with E-state index in [9.17, 15) is 23.1 Å². The Balaban J connectivity index is 2.48. The van der Waals surface area contributed by atoms with Gasteiger partial charge in [-0.2, -0.15) is 13.8 Å². The largest absolute Gasteiger partial charge is 0.394 e. The highest BCUT2D eigenvalue weighted by atomic mass is 19.3. The van der Waals surface area contributed by atoms with Crippen LogP contribution < -0.4 is 11.4 Å². The van der Waals surface area contributed by atoms with E-state index in [0.717, 1.165) is 0 Å². The first kappa shape index (κ1) is 13.8. The second kappa shape index (κ2) is 4.47. The van der Waals surface area contributed by atoms with Gasteiger partial charge in [0.25, 0.3) is 0 Å². The molecule has 0 spiro atoms. The number of aliphatic hydroxyl groups excluding tert-OH is 2. The molecule has 2 rings (SSSR count). The summed E-state index contributed by atoms with van der Waals surface area (Å²) in [5.41, 5.74) is 3.76. The van der Waals surface area contributed by atoms with E-state index in [1.807, 2.05) is 0 Å². The molecule has 1 aliphatic heterocycles. The normalized spacial score (nSPS) is 29.6. The quantitative estimate of drug-likeness (QED) is 0.631. The summed E-state index contributed by atoms with van der Waals surface area (Å²) < 4.78 is 45.5. The van der Waals surface area contributed by atoms with E-state index in [2.05, 4.69) is 9.72 Å². The smallest absolute Gasteiger partial charge is 0.352 e. The van der Waals surface area contributed by atoms with Crippen LogP contribution >= 0.6 is 0 Å². The van der Waals surface area contributed by atoms with Gasteiger partial charge in [-0.25, -0.2) is 9.18 Å². The minimum absolute atomic E-state index is 0.185. The molecule has 0 bridgehead atoms. The van der Waals surface area contributed by atoms with Crippen LogP contribution in [0.25, 0.3) is 0 Å². The third-order valence-corrected chi connectivity index (χ3v) is 2.75. The maximum absolute atomic E-state index is 13.7. The molecule has 0 radical (unpaired) electrons. The molecule has 10 heteroatoms. The van der Waals surface area contributed by atoms with E-state index in [0.29, 0.717) is 6.20 Å². The lowest BCUT2D eigenvalue weighted by molar-refractivity contribution is -0.141. The van der Waals surface area contributed by atoms with Gasteiger partial charge in [0.05, 0.1) is 12.8 Å². The molecule has 4 N–H and O–H groups in total. The number of hydrogen-bond acceptors (Lipinski definition) is 6. The fourth-order valence-electron chi connectivity index (χ4n) is 1.74. The lowest BCUT2D eigenvalue weighted by atomic mass is 10.1. The molecule has 1 aliphatic rings. The van der Waals surface area contributed by atoms with Crippen molar-refractivity contribution in [3.8, 4) is 0 Å². The van der Waals surface area contributed by atoms with Crippen LogP contribution in [0.2, 0.25) is 0 Å². The van der Waals surface area contributed by atoms with Crippen LogP contribution in [0.15, 0.2) is 11.0 Å². The Hall–Kier alpha value is -1.65. The highest BCUT2D eigenvalue weighted by molar-refractivity contribution is 5.26. The summed E-state index contributed by atoms with van der Waals surface area (Å²) in [4.78, 5) is 14.4. The highest BCUT2D eigenvalue weighted by Crippen LogP contribution is 2.42. The van der Waals surface area contributed by atoms with Gasteiger partial charge in [-0.3, -0.25) is 4.57 Å². The van der Waals surface area contributed by atoms with Crippen molar-refractivity contribution >= 4 is 5.82 Å². The Morgan fingerprint density at radius 3 is 2.74 bits per heavy atom. The van der Waals surface area contributed by atoms with Gasteiger partial charge in [-0.1, -0.05) is 0 Å². The van der Waals surface area contributed by atoms with E-state index in [1.54, 1.807) is 0 Å². The van der Waals surface area contributed by atoms with Crippen molar-refractivity contribution in [1.29, 1.82) is 0 Å². The van der Waals surface area contributed by atoms with E-state index in [-0.39, 0.29) is 4.57 Å². The third kappa shape index (κ3) is 2.07. The van der Waals surface area contributed by atoms with Crippen molar-refractivity contribution < 1.29 is 28.1 Å². The van der Waals surface area contributed by atoms with Crippen molar-refractivity contribution in [3.05, 3.63) is 22.5 Å². The van der Waals surface area contributed by atoms with E-state index >= 15 is 0 Å². The summed E-state index contributed by atoms with van der Waals surface area (Å²) in [6.07, 6.45) is -5.77. The van der Waals surface area contributed by atoms with Gasteiger partial charge in [0, 0.05) is 0 Å². The molecular weight excluding hydrogens is 271 g/mol. The van der Waals surface area contributed by atoms with Crippen molar-refractivity contribution in [2.75, 3.05) is 12.3 Å². The zero-order valence-electron chi connectivity index (χ0n) is 9.33. The lowest BCUT2D eigenvalue weighted by Crippen LogP contribution is -2.42. The standard InChI is InChI=1S/C9H10F3N3O4/c10-3-1-15(8(18)14-6(3)13)7-9(11,12)5(17)4(2-16)19-7/h1,4-5,7,16-17H,2H2,(H2,13,14,18)/t4-,5-,7-/m1/s1. The Morgan fingerprint density at radius 1 is 1.58 bits per heavy atom. The maximum Gasteiger partial charge on any atom is 0.352 e. The van der Waals surface area contributed by atoms with Gasteiger partial charge in [0.2, 0.25) is 6.23 Å². The minimum Gasteiger partial charge on any atom is -0.394 e. The summed E-state index contributed by atoms with van der Waals surface area (Å²) in [6, 6.07) is 0. The first-order chi connectivity index (χ1) is 8.78. The van der Waals surface area contributed by atoms with Crippen LogP contribution in [-0.4, -0.2) is 44.5 Å². The van der Waals surface area contributed by atoms with Crippen LogP contribution in [0.3, 0.4) is 0 Å². The van der Waals surface area contributed by atoms with E-state index < -0.39 is 48.3 Å². The first-order valence-corrected chi connectivity index (χ1v) is 5.15. The molecule has 0 aliphatic carbocycles. The summed E-state index contributed by atoms with van der Waals surface area (Å²) in [5.74, 6) is -5.80. The SMILES string of the molecule is Nc1nc(=O)n([C@@H]2O[C@H](CO)[C@@H](O)C2(F)F)cc1F. The molecule has 0 unspecified atom stereocenters.